The first-order chi connectivity index (χ1) is 23.2. The largest absolute Gasteiger partial charge is 0.507 e. The van der Waals surface area contributed by atoms with E-state index in [4.69, 9.17) is 4.89 Å². The van der Waals surface area contributed by atoms with E-state index in [1.54, 1.807) is 42.8 Å². The number of allylic oxidation sites excluding steroid dienone is 2. The van der Waals surface area contributed by atoms with Crippen molar-refractivity contribution in [3.05, 3.63) is 113 Å². The Morgan fingerprint density at radius 2 is 1.26 bits per heavy atom. The number of hydrogen-bond donors (Lipinski definition) is 4. The van der Waals surface area contributed by atoms with Crippen LogP contribution >= 0.6 is 0 Å². The summed E-state index contributed by atoms with van der Waals surface area (Å²) in [5, 5.41) is 32.3. The average molecular weight is 727 g/mol. The van der Waals surface area contributed by atoms with Gasteiger partial charge in [-0.25, -0.2) is 4.89 Å². The number of aryl methyl sites for hydroxylation is 1. The molecule has 0 fully saturated rings. The average Bonchev–Trinajstić information content (AvgIpc) is 3.05. The van der Waals surface area contributed by atoms with Crippen molar-refractivity contribution in [1.82, 2.24) is 5.32 Å². The second-order valence-electron chi connectivity index (χ2n) is 14.3. The van der Waals surface area contributed by atoms with E-state index >= 15 is 0 Å². The van der Waals surface area contributed by atoms with Crippen molar-refractivity contribution in [1.29, 1.82) is 0 Å². The van der Waals surface area contributed by atoms with E-state index in [0.29, 0.717) is 5.57 Å². The minimum Gasteiger partial charge on any atom is -0.507 e. The van der Waals surface area contributed by atoms with Gasteiger partial charge in [0.15, 0.2) is 11.4 Å². The van der Waals surface area contributed by atoms with Gasteiger partial charge in [0, 0.05) is 64.4 Å². The van der Waals surface area contributed by atoms with Crippen molar-refractivity contribution in [3.63, 3.8) is 0 Å². The second-order valence-corrected chi connectivity index (χ2v) is 14.3. The van der Waals surface area contributed by atoms with Crippen molar-refractivity contribution >= 4 is 23.8 Å². The van der Waals surface area contributed by atoms with Crippen LogP contribution in [0.3, 0.4) is 0 Å². The van der Waals surface area contributed by atoms with Gasteiger partial charge in [-0.05, 0) is 85.8 Å². The van der Waals surface area contributed by atoms with E-state index in [1.807, 2.05) is 103 Å². The Bertz CT molecular complexity index is 1590. The molecular formula is C41H53CoN3O5. The van der Waals surface area contributed by atoms with Crippen LogP contribution in [0.1, 0.15) is 76.6 Å². The summed E-state index contributed by atoms with van der Waals surface area (Å²) in [6.45, 7) is 17.0. The van der Waals surface area contributed by atoms with Gasteiger partial charge in [0.1, 0.15) is 11.5 Å². The number of para-hydroxylation sites is 2. The van der Waals surface area contributed by atoms with Crippen LogP contribution in [0.25, 0.3) is 5.57 Å². The second kappa shape index (κ2) is 19.5. The van der Waals surface area contributed by atoms with E-state index in [2.05, 4.69) is 15.3 Å². The van der Waals surface area contributed by atoms with Crippen molar-refractivity contribution in [3.8, 4) is 11.5 Å². The molecule has 0 bridgehead atoms. The summed E-state index contributed by atoms with van der Waals surface area (Å²) in [4.78, 5) is 26.7. The van der Waals surface area contributed by atoms with Gasteiger partial charge in [-0.1, -0.05) is 95.6 Å². The first-order valence-electron chi connectivity index (χ1n) is 16.9. The fourth-order valence-corrected chi connectivity index (χ4v) is 5.21. The van der Waals surface area contributed by atoms with Gasteiger partial charge in [-0.15, -0.1) is 0 Å². The van der Waals surface area contributed by atoms with Crippen molar-refractivity contribution in [2.45, 2.75) is 66.9 Å². The van der Waals surface area contributed by atoms with Gasteiger partial charge in [0.05, 0.1) is 0 Å². The normalized spacial score (nSPS) is 16.4. The molecule has 0 heterocycles. The number of nitrogens with one attached hydrogen (secondary N) is 1. The Balaban J connectivity index is 0.000000340. The van der Waals surface area contributed by atoms with Gasteiger partial charge in [-0.3, -0.25) is 20.0 Å². The fraction of sp³-hybridized carbons (Fsp3) is 0.390. The third kappa shape index (κ3) is 11.9. The molecule has 3 aromatic carbocycles. The molecule has 1 aliphatic carbocycles. The summed E-state index contributed by atoms with van der Waals surface area (Å²) in [7, 11) is 0. The van der Waals surface area contributed by atoms with Crippen LogP contribution in [-0.4, -0.2) is 65.5 Å². The molecule has 0 aromatic heterocycles. The number of Topliss-reactive ketones (excluding diaryl/α,β-unsaturated/α-hetero) is 1. The minimum absolute atomic E-state index is 0. The maximum atomic E-state index is 13.2. The van der Waals surface area contributed by atoms with Gasteiger partial charge in [-0.2, -0.15) is 0 Å². The first-order valence-corrected chi connectivity index (χ1v) is 16.9. The molecule has 1 atom stereocenters. The number of nitrogens with zero attached hydrogens (tertiary/aromatic N) is 2. The number of rotatable bonds is 12. The number of phenolic OH excluding ortho intramolecular Hbond substituents is 2. The van der Waals surface area contributed by atoms with Crippen LogP contribution in [-0.2, 0) is 26.5 Å². The Kier molecular flexibility index (Phi) is 16.5. The summed E-state index contributed by atoms with van der Waals surface area (Å²) in [5.41, 5.74) is 2.87. The molecular weight excluding hydrogens is 673 g/mol. The van der Waals surface area contributed by atoms with Crippen molar-refractivity contribution in [2.24, 2.45) is 20.8 Å². The standard InChI is InChI=1S/C21H28O3.C20H25N3O2.Co/c1-14-8-10-15(11-9-14)16-12-17(19(2,3)4)18(22)21(13-16,24-23)20(5,6)7;24-19-9-3-1-7-17(19)15-22-13-5-11-21-12-6-14-23-16-18-8-2-4-10-20(18)25;/h8-13,23H,1-7H3;1-4,7-10,15-16,21,24-25H,5-6,11-14H2;. The number of carbonyl (C=O) groups is 1. The Morgan fingerprint density at radius 3 is 1.68 bits per heavy atom. The number of aliphatic imine (C=N–C) groups is 2. The third-order valence-electron chi connectivity index (χ3n) is 8.31. The SMILES string of the molecule is Cc1ccc(C2=CC(OO)(C(C)(C)C)C(=O)C(C(C)(C)C)=C2)cc1.Oc1ccccc1C=NCCCNCCCN=Cc1ccccc1O.[Co]. The van der Waals surface area contributed by atoms with Gasteiger partial charge < -0.3 is 15.5 Å². The molecule has 4 N–H and O–H groups in total. The maximum absolute atomic E-state index is 13.2. The Morgan fingerprint density at radius 1 is 0.780 bits per heavy atom. The molecule has 0 aliphatic heterocycles. The number of carbonyl (C=O) groups excluding carboxylic acids is 1. The smallest absolute Gasteiger partial charge is 0.199 e. The molecule has 1 radical (unpaired) electrons. The summed E-state index contributed by atoms with van der Waals surface area (Å²) in [5.74, 6) is 0.336. The summed E-state index contributed by atoms with van der Waals surface area (Å²) < 4.78 is 0. The Labute approximate surface area is 308 Å². The predicted octanol–water partition coefficient (Wildman–Crippen LogP) is 8.21. The van der Waals surface area contributed by atoms with Crippen molar-refractivity contribution in [2.75, 3.05) is 26.2 Å². The van der Waals surface area contributed by atoms with Crippen LogP contribution in [0, 0.1) is 17.8 Å². The molecule has 1 unspecified atom stereocenters. The summed E-state index contributed by atoms with van der Waals surface area (Å²) >= 11 is 0. The number of aromatic hydroxyl groups is 2. The monoisotopic (exact) mass is 726 g/mol. The zero-order valence-electron chi connectivity index (χ0n) is 30.4. The molecule has 1 aliphatic rings. The van der Waals surface area contributed by atoms with Gasteiger partial charge in [0.25, 0.3) is 0 Å². The third-order valence-corrected chi connectivity index (χ3v) is 8.31. The molecule has 9 heteroatoms. The fourth-order valence-electron chi connectivity index (χ4n) is 5.21. The molecule has 4 rings (SSSR count). The maximum Gasteiger partial charge on any atom is 0.199 e. The minimum atomic E-state index is -1.40. The summed E-state index contributed by atoms with van der Waals surface area (Å²) in [6.07, 6.45) is 9.01. The predicted molar refractivity (Wildman–Crippen MR) is 201 cm³/mol. The molecule has 3 aromatic rings. The van der Waals surface area contributed by atoms with Crippen molar-refractivity contribution < 1.29 is 41.9 Å². The molecule has 271 valence electrons. The molecule has 0 amide bonds. The van der Waals surface area contributed by atoms with Crippen LogP contribution in [0.5, 0.6) is 11.5 Å². The van der Waals surface area contributed by atoms with E-state index in [1.165, 1.54) is 5.56 Å². The summed E-state index contributed by atoms with van der Waals surface area (Å²) in [6, 6.07) is 22.5. The molecule has 50 heavy (non-hydrogen) atoms. The zero-order chi connectivity index (χ0) is 36.1. The zero-order valence-corrected chi connectivity index (χ0v) is 31.4. The van der Waals surface area contributed by atoms with E-state index in [-0.39, 0.29) is 39.5 Å². The topological polar surface area (TPSA) is 124 Å². The number of hydrogen-bond acceptors (Lipinski definition) is 8. The Hall–Kier alpha value is -3.86. The molecule has 8 nitrogen and oxygen atoms in total. The molecule has 0 saturated heterocycles. The van der Waals surface area contributed by atoms with Crippen LogP contribution < -0.4 is 5.32 Å². The number of phenols is 2. The quantitative estimate of drug-likeness (QED) is 0.0646. The first kappa shape index (κ1) is 42.3. The van der Waals surface area contributed by atoms with Crippen LogP contribution in [0.15, 0.2) is 101 Å². The van der Waals surface area contributed by atoms with Gasteiger partial charge >= 0.3 is 0 Å². The number of benzene rings is 3. The van der Waals surface area contributed by atoms with E-state index in [0.717, 1.165) is 61.3 Å². The van der Waals surface area contributed by atoms with Gasteiger partial charge in [0.2, 0.25) is 0 Å². The van der Waals surface area contributed by atoms with E-state index in [9.17, 15) is 20.3 Å². The number of ketones is 1. The van der Waals surface area contributed by atoms with Crippen LogP contribution in [0.4, 0.5) is 0 Å². The van der Waals surface area contributed by atoms with Crippen LogP contribution in [0.2, 0.25) is 0 Å². The van der Waals surface area contributed by atoms with E-state index < -0.39 is 11.0 Å². The molecule has 0 spiro atoms. The molecule has 0 saturated carbocycles.